The standard InChI is InChI=1S/C27H40N10O7S/c1-13-21-20(14(2)32-19(39)11-36-12-31-33-34-36)26(42)37(21)22(27(43)44)23(13)45-17-7-18(29-10-17)25(41)35-5-3-15(4-6-35)24(40)30-9-16(38)8-28/h12-18,20-21,29,38H,3-11,28H2,1-2H3,(H,30,40)(H,32,39)(H,43,44)/t13-,14?,16?,17+,18+,20-,21-/m1/s1. The van der Waals surface area contributed by atoms with Crippen LogP contribution in [0.5, 0.6) is 0 Å². The minimum Gasteiger partial charge on any atom is -0.477 e. The van der Waals surface area contributed by atoms with Gasteiger partial charge < -0.3 is 41.7 Å². The summed E-state index contributed by atoms with van der Waals surface area (Å²) < 4.78 is 1.26. The van der Waals surface area contributed by atoms with Crippen LogP contribution in [0.25, 0.3) is 0 Å². The summed E-state index contributed by atoms with van der Waals surface area (Å²) in [5.41, 5.74) is 5.36. The van der Waals surface area contributed by atoms with Gasteiger partial charge in [-0.15, -0.1) is 16.9 Å². The molecule has 1 aromatic heterocycles. The third-order valence-electron chi connectivity index (χ3n) is 9.06. The van der Waals surface area contributed by atoms with Crippen LogP contribution in [0.1, 0.15) is 33.1 Å². The number of likely N-dealkylation sites (tertiary alicyclic amines) is 1. The zero-order valence-electron chi connectivity index (χ0n) is 25.2. The van der Waals surface area contributed by atoms with Crippen molar-refractivity contribution in [1.29, 1.82) is 0 Å². The zero-order valence-corrected chi connectivity index (χ0v) is 26.0. The van der Waals surface area contributed by atoms with Gasteiger partial charge in [-0.05, 0) is 36.6 Å². The summed E-state index contributed by atoms with van der Waals surface area (Å²) in [4.78, 5) is 67.5. The van der Waals surface area contributed by atoms with Crippen molar-refractivity contribution in [1.82, 2.24) is 46.0 Å². The quantitative estimate of drug-likeness (QED) is 0.125. The van der Waals surface area contributed by atoms with E-state index in [0.717, 1.165) is 0 Å². The first-order valence-corrected chi connectivity index (χ1v) is 16.0. The SMILES string of the molecule is CC(NC(=O)Cn1cnnn1)[C@H]1C(=O)N2C(C(=O)O)=C(S[C@@H]3CN[C@H](C(=O)N4CCC(C(=O)NCC(O)CN)CC4)C3)[C@H](C)[C@H]12. The molecule has 2 unspecified atom stereocenters. The lowest BCUT2D eigenvalue weighted by atomic mass is 9.78. The molecule has 0 radical (unpaired) electrons. The van der Waals surface area contributed by atoms with Gasteiger partial charge in [0.15, 0.2) is 0 Å². The number of tetrazole rings is 1. The largest absolute Gasteiger partial charge is 0.477 e. The predicted octanol–water partition coefficient (Wildman–Crippen LogP) is -2.91. The Morgan fingerprint density at radius 2 is 1.98 bits per heavy atom. The highest BCUT2D eigenvalue weighted by atomic mass is 32.2. The van der Waals surface area contributed by atoms with Crippen LogP contribution in [0.15, 0.2) is 16.9 Å². The van der Waals surface area contributed by atoms with Crippen LogP contribution in [0.4, 0.5) is 0 Å². The van der Waals surface area contributed by atoms with E-state index in [1.165, 1.54) is 27.7 Å². The number of carbonyl (C=O) groups excluding carboxylic acids is 4. The third kappa shape index (κ3) is 6.83. The summed E-state index contributed by atoms with van der Waals surface area (Å²) in [5, 5.41) is 39.1. The molecule has 3 saturated heterocycles. The van der Waals surface area contributed by atoms with Crippen LogP contribution in [-0.4, -0.2) is 132 Å². The molecule has 0 spiro atoms. The van der Waals surface area contributed by atoms with E-state index in [2.05, 4.69) is 31.5 Å². The Hall–Kier alpha value is -3.61. The molecule has 4 amide bonds. The number of piperidine rings is 1. The molecule has 4 aliphatic rings. The van der Waals surface area contributed by atoms with Gasteiger partial charge in [0.05, 0.1) is 24.1 Å². The first-order chi connectivity index (χ1) is 21.5. The number of nitrogens with one attached hydrogen (secondary N) is 3. The van der Waals surface area contributed by atoms with Crippen LogP contribution in [0.2, 0.25) is 0 Å². The van der Waals surface area contributed by atoms with Gasteiger partial charge in [-0.2, -0.15) is 0 Å². The molecular formula is C27H40N10O7S. The summed E-state index contributed by atoms with van der Waals surface area (Å²) in [6.45, 7) is 5.08. The van der Waals surface area contributed by atoms with Gasteiger partial charge in [0.1, 0.15) is 18.6 Å². The number of hydrogen-bond acceptors (Lipinski definition) is 12. The first kappa shape index (κ1) is 32.8. The lowest BCUT2D eigenvalue weighted by Crippen LogP contribution is -2.66. The topological polar surface area (TPSA) is 238 Å². The molecule has 0 aromatic carbocycles. The van der Waals surface area contributed by atoms with E-state index >= 15 is 0 Å². The smallest absolute Gasteiger partial charge is 0.353 e. The number of carbonyl (C=O) groups is 5. The van der Waals surface area contributed by atoms with Crippen molar-refractivity contribution in [3.8, 4) is 0 Å². The highest BCUT2D eigenvalue weighted by molar-refractivity contribution is 8.03. The molecule has 17 nitrogen and oxygen atoms in total. The van der Waals surface area contributed by atoms with E-state index in [4.69, 9.17) is 5.73 Å². The summed E-state index contributed by atoms with van der Waals surface area (Å²) in [6, 6.07) is -1.37. The van der Waals surface area contributed by atoms with E-state index in [0.29, 0.717) is 43.8 Å². The van der Waals surface area contributed by atoms with Crippen LogP contribution in [0, 0.1) is 17.8 Å². The summed E-state index contributed by atoms with van der Waals surface area (Å²) >= 11 is 1.40. The minimum atomic E-state index is -1.18. The Labute approximate surface area is 263 Å². The fourth-order valence-electron chi connectivity index (χ4n) is 6.68. The first-order valence-electron chi connectivity index (χ1n) is 15.1. The molecular weight excluding hydrogens is 608 g/mol. The Kier molecular flexibility index (Phi) is 10.0. The number of aromatic nitrogens is 4. The molecule has 0 aliphatic carbocycles. The highest BCUT2D eigenvalue weighted by Gasteiger charge is 2.60. The number of carboxylic acid groups (broad SMARTS) is 1. The molecule has 5 heterocycles. The second kappa shape index (κ2) is 13.8. The number of aliphatic carboxylic acids is 1. The van der Waals surface area contributed by atoms with E-state index in [9.17, 15) is 34.2 Å². The number of carboxylic acids is 1. The van der Waals surface area contributed by atoms with Gasteiger partial charge in [-0.25, -0.2) is 9.48 Å². The van der Waals surface area contributed by atoms with Gasteiger partial charge in [-0.3, -0.25) is 19.2 Å². The molecule has 45 heavy (non-hydrogen) atoms. The molecule has 7 atom stereocenters. The number of aliphatic hydroxyl groups is 1. The van der Waals surface area contributed by atoms with E-state index in [-0.39, 0.29) is 66.0 Å². The Morgan fingerprint density at radius 1 is 1.24 bits per heavy atom. The Balaban J connectivity index is 1.14. The average molecular weight is 649 g/mol. The van der Waals surface area contributed by atoms with E-state index in [1.807, 2.05) is 6.92 Å². The van der Waals surface area contributed by atoms with Crippen molar-refractivity contribution < 1.29 is 34.2 Å². The summed E-state index contributed by atoms with van der Waals surface area (Å²) in [7, 11) is 0. The number of nitrogens with two attached hydrogens (primary N) is 1. The van der Waals surface area contributed by atoms with Gasteiger partial charge in [0, 0.05) is 60.8 Å². The highest BCUT2D eigenvalue weighted by Crippen LogP contribution is 2.51. The number of hydrogen-bond donors (Lipinski definition) is 6. The zero-order chi connectivity index (χ0) is 32.4. The van der Waals surface area contributed by atoms with Gasteiger partial charge in [0.25, 0.3) is 0 Å². The summed E-state index contributed by atoms with van der Waals surface area (Å²) in [6.07, 6.45) is 2.07. The maximum Gasteiger partial charge on any atom is 0.353 e. The third-order valence-corrected chi connectivity index (χ3v) is 10.6. The molecule has 18 heteroatoms. The van der Waals surface area contributed by atoms with Gasteiger partial charge in [-0.1, -0.05) is 6.92 Å². The van der Waals surface area contributed by atoms with Crippen LogP contribution in [-0.2, 0) is 30.5 Å². The molecule has 1 aromatic rings. The number of amides is 4. The molecule has 0 bridgehead atoms. The summed E-state index contributed by atoms with van der Waals surface area (Å²) in [5.74, 6) is -3.18. The number of β-lactam (4-membered cyclic amide) rings is 1. The number of fused-ring (bicyclic) bond motifs is 1. The van der Waals surface area contributed by atoms with E-state index < -0.39 is 36.1 Å². The molecule has 3 fully saturated rings. The van der Waals surface area contributed by atoms with Crippen molar-refractivity contribution >= 4 is 41.4 Å². The van der Waals surface area contributed by atoms with Crippen molar-refractivity contribution in [2.45, 2.75) is 69.1 Å². The fourth-order valence-corrected chi connectivity index (χ4v) is 8.15. The van der Waals surface area contributed by atoms with Crippen LogP contribution < -0.4 is 21.7 Å². The van der Waals surface area contributed by atoms with Crippen molar-refractivity contribution in [3.63, 3.8) is 0 Å². The van der Waals surface area contributed by atoms with Crippen LogP contribution >= 0.6 is 11.8 Å². The van der Waals surface area contributed by atoms with Crippen molar-refractivity contribution in [2.24, 2.45) is 23.5 Å². The van der Waals surface area contributed by atoms with Gasteiger partial charge >= 0.3 is 5.97 Å². The lowest BCUT2D eigenvalue weighted by Gasteiger charge is -2.47. The number of rotatable bonds is 12. The monoisotopic (exact) mass is 648 g/mol. The normalized spacial score (nSPS) is 28.0. The second-order valence-electron chi connectivity index (χ2n) is 12.1. The van der Waals surface area contributed by atoms with E-state index in [1.54, 1.807) is 11.8 Å². The van der Waals surface area contributed by atoms with Crippen molar-refractivity contribution in [3.05, 3.63) is 16.9 Å². The van der Waals surface area contributed by atoms with Crippen molar-refractivity contribution in [2.75, 3.05) is 32.7 Å². The lowest BCUT2D eigenvalue weighted by molar-refractivity contribution is -0.158. The van der Waals surface area contributed by atoms with Gasteiger partial charge in [0.2, 0.25) is 23.6 Å². The Morgan fingerprint density at radius 3 is 2.62 bits per heavy atom. The number of thioether (sulfide) groups is 1. The maximum absolute atomic E-state index is 13.3. The maximum atomic E-state index is 13.3. The fraction of sp³-hybridized carbons (Fsp3) is 0.704. The Bertz CT molecular complexity index is 1330. The molecule has 4 aliphatic heterocycles. The molecule has 7 N–H and O–H groups in total. The molecule has 246 valence electrons. The number of aliphatic hydroxyl groups excluding tert-OH is 1. The second-order valence-corrected chi connectivity index (χ2v) is 13.4. The van der Waals surface area contributed by atoms with Crippen LogP contribution in [0.3, 0.4) is 0 Å². The predicted molar refractivity (Wildman–Crippen MR) is 159 cm³/mol. The minimum absolute atomic E-state index is 0.0277. The molecule has 0 saturated carbocycles. The average Bonchev–Trinajstić information content (AvgIpc) is 3.75. The molecule has 5 rings (SSSR count). The number of nitrogens with zero attached hydrogens (tertiary/aromatic N) is 6.